The van der Waals surface area contributed by atoms with Crippen LogP contribution in [0.15, 0.2) is 128 Å². The van der Waals surface area contributed by atoms with Crippen molar-refractivity contribution >= 4 is 44.8 Å². The van der Waals surface area contributed by atoms with E-state index in [4.69, 9.17) is 4.98 Å². The SMILES string of the molecule is CC(C)c1cc(-c2[c-]cccc2)ncc1[Si](C)(C)C.Cc1cc(C)cc(-c2ccc3c(c2)sc2c(-c4cc(C(C)C(C)C)ccn4)[c-]cc(-c4ccccc4)c23)c1.[Ir]. The van der Waals surface area contributed by atoms with E-state index in [2.05, 4.69) is 188 Å². The summed E-state index contributed by atoms with van der Waals surface area (Å²) >= 11 is 1.86. The number of hydrogen-bond donors (Lipinski definition) is 0. The predicted octanol–water partition coefficient (Wildman–Crippen LogP) is 14.8. The molecular weight excluding hydrogens is 917 g/mol. The number of pyridine rings is 2. The number of nitrogens with zero attached hydrogens (tertiary/aromatic N) is 2. The molecular formula is C53H54IrN2SSi-2. The van der Waals surface area contributed by atoms with Crippen LogP contribution in [0.1, 0.15) is 68.7 Å². The van der Waals surface area contributed by atoms with Crippen LogP contribution in [0.25, 0.3) is 64.9 Å². The quantitative estimate of drug-likeness (QED) is 0.112. The molecule has 3 heterocycles. The average Bonchev–Trinajstić information content (AvgIpc) is 3.59. The van der Waals surface area contributed by atoms with E-state index in [9.17, 15) is 0 Å². The van der Waals surface area contributed by atoms with Crippen LogP contribution in [0.5, 0.6) is 0 Å². The first-order valence-electron chi connectivity index (χ1n) is 20.3. The van der Waals surface area contributed by atoms with E-state index >= 15 is 0 Å². The molecule has 0 aliphatic rings. The molecule has 0 N–H and O–H groups in total. The smallest absolute Gasteiger partial charge is 0.0799 e. The number of thiophene rings is 1. The van der Waals surface area contributed by atoms with Crippen molar-refractivity contribution in [2.75, 3.05) is 0 Å². The van der Waals surface area contributed by atoms with Gasteiger partial charge in [0.1, 0.15) is 0 Å². The van der Waals surface area contributed by atoms with Gasteiger partial charge in [-0.15, -0.1) is 53.6 Å². The van der Waals surface area contributed by atoms with E-state index in [0.29, 0.717) is 17.8 Å². The Bertz CT molecular complexity index is 2640. The number of hydrogen-bond acceptors (Lipinski definition) is 3. The Kier molecular flexibility index (Phi) is 13.5. The first-order valence-corrected chi connectivity index (χ1v) is 24.6. The van der Waals surface area contributed by atoms with Crippen LogP contribution < -0.4 is 5.19 Å². The van der Waals surface area contributed by atoms with Gasteiger partial charge in [0.15, 0.2) is 0 Å². The zero-order valence-electron chi connectivity index (χ0n) is 35.5. The van der Waals surface area contributed by atoms with Gasteiger partial charge < -0.3 is 9.97 Å². The van der Waals surface area contributed by atoms with Crippen LogP contribution >= 0.6 is 11.3 Å². The Labute approximate surface area is 365 Å². The van der Waals surface area contributed by atoms with Crippen molar-refractivity contribution in [3.05, 3.63) is 162 Å². The van der Waals surface area contributed by atoms with Crippen LogP contribution in [0.2, 0.25) is 19.6 Å². The van der Waals surface area contributed by atoms with Crippen molar-refractivity contribution in [3.8, 4) is 44.8 Å². The summed E-state index contributed by atoms with van der Waals surface area (Å²) in [6.45, 7) is 22.9. The van der Waals surface area contributed by atoms with Crippen LogP contribution in [-0.4, -0.2) is 18.0 Å². The third kappa shape index (κ3) is 9.35. The third-order valence-corrected chi connectivity index (χ3v) is 14.3. The first-order chi connectivity index (χ1) is 27.3. The van der Waals surface area contributed by atoms with Crippen LogP contribution in [0.4, 0.5) is 0 Å². The Balaban J connectivity index is 0.000000240. The molecule has 1 radical (unpaired) electrons. The van der Waals surface area contributed by atoms with Crippen molar-refractivity contribution in [3.63, 3.8) is 0 Å². The van der Waals surface area contributed by atoms with Crippen LogP contribution in [-0.2, 0) is 20.1 Å². The maximum absolute atomic E-state index is 4.83. The summed E-state index contributed by atoms with van der Waals surface area (Å²) in [7, 11) is -1.34. The molecule has 0 aliphatic heterocycles. The van der Waals surface area contributed by atoms with E-state index in [0.717, 1.165) is 22.5 Å². The summed E-state index contributed by atoms with van der Waals surface area (Å²) < 4.78 is 2.54. The largest absolute Gasteiger partial charge is 0.305 e. The van der Waals surface area contributed by atoms with Gasteiger partial charge in [-0.3, -0.25) is 0 Å². The summed E-state index contributed by atoms with van der Waals surface area (Å²) in [5, 5.41) is 4.06. The Morgan fingerprint density at radius 3 is 2.05 bits per heavy atom. The number of aryl methyl sites for hydroxylation is 2. The molecule has 0 spiro atoms. The van der Waals surface area contributed by atoms with Gasteiger partial charge in [0.25, 0.3) is 0 Å². The fourth-order valence-electron chi connectivity index (χ4n) is 7.71. The van der Waals surface area contributed by atoms with Gasteiger partial charge in [-0.25, -0.2) is 0 Å². The molecule has 0 saturated carbocycles. The topological polar surface area (TPSA) is 25.8 Å². The Morgan fingerprint density at radius 1 is 0.672 bits per heavy atom. The fraction of sp³-hybridized carbons (Fsp3) is 0.245. The van der Waals surface area contributed by atoms with E-state index in [1.807, 2.05) is 35.7 Å². The molecule has 5 aromatic carbocycles. The van der Waals surface area contributed by atoms with E-state index in [1.165, 1.54) is 69.9 Å². The molecule has 2 nitrogen and oxygen atoms in total. The van der Waals surface area contributed by atoms with Gasteiger partial charge in [0.2, 0.25) is 0 Å². The molecule has 1 atom stereocenters. The molecule has 0 bridgehead atoms. The number of fused-ring (bicyclic) bond motifs is 3. The average molecular weight is 971 g/mol. The zero-order chi connectivity index (χ0) is 40.4. The second-order valence-corrected chi connectivity index (χ2v) is 23.3. The van der Waals surface area contributed by atoms with Gasteiger partial charge in [0, 0.05) is 37.2 Å². The molecule has 58 heavy (non-hydrogen) atoms. The molecule has 0 aliphatic carbocycles. The van der Waals surface area contributed by atoms with Gasteiger partial charge in [-0.05, 0) is 81.5 Å². The van der Waals surface area contributed by atoms with Crippen LogP contribution in [0.3, 0.4) is 0 Å². The summed E-state index contributed by atoms with van der Waals surface area (Å²) in [5.41, 5.74) is 14.5. The molecule has 297 valence electrons. The molecule has 8 rings (SSSR count). The van der Waals surface area contributed by atoms with E-state index in [-0.39, 0.29) is 20.1 Å². The minimum atomic E-state index is -1.34. The minimum Gasteiger partial charge on any atom is -0.305 e. The second-order valence-electron chi connectivity index (χ2n) is 17.2. The molecule has 0 fully saturated rings. The molecule has 1 unspecified atom stereocenters. The second kappa shape index (κ2) is 18.2. The monoisotopic (exact) mass is 971 g/mol. The standard InChI is InChI=1S/C36H32NS.C17H22NSi.Ir/c1-22(2)25(5)27-15-16-37-33(20-27)31-14-13-30(26-9-7-6-8-10-26)35-32-12-11-28(21-34(32)38-36(31)35)29-18-23(3)17-24(4)19-29;1-13(2)15-11-16(14-9-7-6-8-10-14)18-12-17(15)19(3,4)5;/h6-13,15-22,25H,1-5H3;6-9,11-13H,1-5H3;/q2*-1;. The van der Waals surface area contributed by atoms with E-state index in [1.54, 1.807) is 0 Å². The van der Waals surface area contributed by atoms with Crippen LogP contribution in [0, 0.1) is 31.9 Å². The molecule has 5 heteroatoms. The Morgan fingerprint density at radius 2 is 1.40 bits per heavy atom. The maximum atomic E-state index is 4.83. The fourth-order valence-corrected chi connectivity index (χ4v) is 10.7. The van der Waals surface area contributed by atoms with Crippen molar-refractivity contribution in [2.24, 2.45) is 5.92 Å². The summed E-state index contributed by atoms with van der Waals surface area (Å²) in [6.07, 6.45) is 4.05. The third-order valence-electron chi connectivity index (χ3n) is 11.1. The number of rotatable bonds is 8. The summed E-state index contributed by atoms with van der Waals surface area (Å²) in [5.74, 6) is 1.58. The Hall–Kier alpha value is -4.51. The molecule has 3 aromatic heterocycles. The van der Waals surface area contributed by atoms with Crippen molar-refractivity contribution in [2.45, 2.75) is 79.9 Å². The summed E-state index contributed by atoms with van der Waals surface area (Å²) in [4.78, 5) is 9.50. The van der Waals surface area contributed by atoms with Gasteiger partial charge in [-0.2, -0.15) is 11.3 Å². The number of aromatic nitrogens is 2. The maximum Gasteiger partial charge on any atom is 0.0799 e. The molecule has 0 amide bonds. The van der Waals surface area contributed by atoms with E-state index < -0.39 is 8.07 Å². The van der Waals surface area contributed by atoms with Crippen molar-refractivity contribution < 1.29 is 20.1 Å². The minimum absolute atomic E-state index is 0. The molecule has 8 aromatic rings. The first kappa shape index (κ1) is 43.1. The normalized spacial score (nSPS) is 12.1. The zero-order valence-corrected chi connectivity index (χ0v) is 39.7. The number of benzene rings is 5. The molecule has 0 saturated heterocycles. The predicted molar refractivity (Wildman–Crippen MR) is 251 cm³/mol. The van der Waals surface area contributed by atoms with Gasteiger partial charge in [-0.1, -0.05) is 166 Å². The van der Waals surface area contributed by atoms with Crippen molar-refractivity contribution in [1.29, 1.82) is 0 Å². The van der Waals surface area contributed by atoms with Crippen molar-refractivity contribution in [1.82, 2.24) is 9.97 Å². The summed E-state index contributed by atoms with van der Waals surface area (Å²) in [6, 6.07) is 48.2. The van der Waals surface area contributed by atoms with Gasteiger partial charge >= 0.3 is 0 Å². The van der Waals surface area contributed by atoms with Gasteiger partial charge in [0.05, 0.1) is 8.07 Å².